The molecule has 2 nitrogen and oxygen atoms in total. The Hall–Kier alpha value is -1.88. The average molecular weight is 384 g/mol. The summed E-state index contributed by atoms with van der Waals surface area (Å²) in [5.41, 5.74) is 6.89. The molecular weight excluding hydrogens is 371 g/mol. The highest BCUT2D eigenvalue weighted by atomic mass is 127. The van der Waals surface area contributed by atoms with Gasteiger partial charge in [-0.3, -0.25) is 2.78 Å². The SMILES string of the molecule is Cc1ccc2c(c1)c1nc(-c3ccccc3)ccc1n2I. The van der Waals surface area contributed by atoms with E-state index in [0.29, 0.717) is 0 Å². The van der Waals surface area contributed by atoms with Crippen LogP contribution in [0.25, 0.3) is 33.2 Å². The van der Waals surface area contributed by atoms with Crippen LogP contribution in [0, 0.1) is 6.92 Å². The van der Waals surface area contributed by atoms with Gasteiger partial charge in [-0.25, -0.2) is 4.98 Å². The normalized spacial score (nSPS) is 11.3. The Morgan fingerprint density at radius 1 is 0.905 bits per heavy atom. The second-order valence-electron chi connectivity index (χ2n) is 5.23. The fourth-order valence-electron chi connectivity index (χ4n) is 2.72. The van der Waals surface area contributed by atoms with E-state index < -0.39 is 0 Å². The van der Waals surface area contributed by atoms with E-state index in [4.69, 9.17) is 4.98 Å². The van der Waals surface area contributed by atoms with Gasteiger partial charge in [0, 0.05) is 10.9 Å². The third-order valence-corrected chi connectivity index (χ3v) is 4.81. The van der Waals surface area contributed by atoms with Gasteiger partial charge < -0.3 is 0 Å². The highest BCUT2D eigenvalue weighted by Gasteiger charge is 2.11. The summed E-state index contributed by atoms with van der Waals surface area (Å²) in [7, 11) is 0. The van der Waals surface area contributed by atoms with Crippen LogP contribution in [0.2, 0.25) is 0 Å². The van der Waals surface area contributed by atoms with Crippen molar-refractivity contribution in [2.45, 2.75) is 6.92 Å². The Bertz CT molecular complexity index is 955. The van der Waals surface area contributed by atoms with Crippen molar-refractivity contribution in [1.29, 1.82) is 0 Å². The lowest BCUT2D eigenvalue weighted by Gasteiger charge is -2.01. The number of pyridine rings is 1. The molecule has 0 saturated heterocycles. The quantitative estimate of drug-likeness (QED) is 0.404. The molecule has 0 radical (unpaired) electrons. The number of fused-ring (bicyclic) bond motifs is 3. The first kappa shape index (κ1) is 12.8. The van der Waals surface area contributed by atoms with Gasteiger partial charge in [-0.15, -0.1) is 0 Å². The van der Waals surface area contributed by atoms with E-state index in [2.05, 4.69) is 75.0 Å². The first-order valence-corrected chi connectivity index (χ1v) is 7.84. The second-order valence-corrected chi connectivity index (χ2v) is 6.20. The third-order valence-electron chi connectivity index (χ3n) is 3.77. The van der Waals surface area contributed by atoms with Crippen molar-refractivity contribution in [3.8, 4) is 11.3 Å². The number of halogens is 1. The molecule has 0 amide bonds. The fraction of sp³-hybridized carbons (Fsp3) is 0.0556. The van der Waals surface area contributed by atoms with Gasteiger partial charge in [-0.2, -0.15) is 0 Å². The molecule has 21 heavy (non-hydrogen) atoms. The number of aryl methyl sites for hydroxylation is 1. The second kappa shape index (κ2) is 4.84. The Kier molecular flexibility index (Phi) is 2.96. The number of nitrogens with zero attached hydrogens (tertiary/aromatic N) is 2. The lowest BCUT2D eigenvalue weighted by molar-refractivity contribution is 1.39. The number of rotatable bonds is 1. The van der Waals surface area contributed by atoms with Crippen LogP contribution in [0.5, 0.6) is 0 Å². The molecule has 4 aromatic rings. The van der Waals surface area contributed by atoms with Crippen molar-refractivity contribution in [2.75, 3.05) is 0 Å². The van der Waals surface area contributed by atoms with Crippen LogP contribution >= 0.6 is 22.9 Å². The molecule has 0 aliphatic heterocycles. The van der Waals surface area contributed by atoms with E-state index in [1.807, 2.05) is 18.2 Å². The standard InChI is InChI=1S/C18H13IN2/c1-12-7-9-16-14(11-12)18-17(21(16)19)10-8-15(20-18)13-5-3-2-4-6-13/h2-11H,1H3. The van der Waals surface area contributed by atoms with Crippen molar-refractivity contribution < 1.29 is 0 Å². The number of aromatic nitrogens is 2. The first-order chi connectivity index (χ1) is 10.2. The Morgan fingerprint density at radius 2 is 1.67 bits per heavy atom. The van der Waals surface area contributed by atoms with E-state index >= 15 is 0 Å². The molecule has 2 aromatic carbocycles. The van der Waals surface area contributed by atoms with Crippen LogP contribution in [0.4, 0.5) is 0 Å². The zero-order chi connectivity index (χ0) is 14.4. The van der Waals surface area contributed by atoms with Crippen LogP contribution in [0.15, 0.2) is 60.7 Å². The van der Waals surface area contributed by atoms with Crippen molar-refractivity contribution in [3.63, 3.8) is 0 Å². The molecule has 0 saturated carbocycles. The van der Waals surface area contributed by atoms with Gasteiger partial charge in [-0.1, -0.05) is 42.0 Å². The van der Waals surface area contributed by atoms with Crippen LogP contribution in [0.1, 0.15) is 5.56 Å². The van der Waals surface area contributed by atoms with Gasteiger partial charge in [0.2, 0.25) is 0 Å². The highest BCUT2D eigenvalue weighted by molar-refractivity contribution is 14.1. The molecule has 0 unspecified atom stereocenters. The largest absolute Gasteiger partial charge is 0.280 e. The summed E-state index contributed by atoms with van der Waals surface area (Å²) in [6.07, 6.45) is 0. The lowest BCUT2D eigenvalue weighted by atomic mass is 10.1. The Labute approximate surface area is 136 Å². The zero-order valence-electron chi connectivity index (χ0n) is 11.5. The van der Waals surface area contributed by atoms with Crippen molar-refractivity contribution in [3.05, 3.63) is 66.2 Å². The van der Waals surface area contributed by atoms with Gasteiger partial charge in [0.05, 0.1) is 45.1 Å². The summed E-state index contributed by atoms with van der Waals surface area (Å²) >= 11 is 2.35. The molecule has 3 heteroatoms. The minimum absolute atomic E-state index is 1.02. The van der Waals surface area contributed by atoms with Crippen LogP contribution < -0.4 is 0 Å². The Morgan fingerprint density at radius 3 is 2.48 bits per heavy atom. The highest BCUT2D eigenvalue weighted by Crippen LogP contribution is 2.32. The monoisotopic (exact) mass is 384 g/mol. The minimum atomic E-state index is 1.02. The van der Waals surface area contributed by atoms with Gasteiger partial charge in [0.1, 0.15) is 0 Å². The minimum Gasteiger partial charge on any atom is -0.280 e. The summed E-state index contributed by atoms with van der Waals surface area (Å²) < 4.78 is 2.18. The predicted octanol–water partition coefficient (Wildman–Crippen LogP) is 5.36. The van der Waals surface area contributed by atoms with E-state index in [1.165, 1.54) is 16.5 Å². The number of benzene rings is 2. The molecule has 2 aromatic heterocycles. The molecular formula is C18H13IN2. The van der Waals surface area contributed by atoms with Gasteiger partial charge in [0.25, 0.3) is 0 Å². The van der Waals surface area contributed by atoms with E-state index in [0.717, 1.165) is 22.3 Å². The molecule has 0 spiro atoms. The predicted molar refractivity (Wildman–Crippen MR) is 96.8 cm³/mol. The molecule has 2 heterocycles. The summed E-state index contributed by atoms with van der Waals surface area (Å²) in [6.45, 7) is 2.12. The third kappa shape index (κ3) is 2.03. The van der Waals surface area contributed by atoms with Crippen molar-refractivity contribution >= 4 is 44.8 Å². The molecule has 0 aliphatic rings. The van der Waals surface area contributed by atoms with E-state index in [9.17, 15) is 0 Å². The Balaban J connectivity index is 2.07. The summed E-state index contributed by atoms with van der Waals surface area (Å²) in [5, 5.41) is 1.22. The van der Waals surface area contributed by atoms with Crippen LogP contribution in [-0.4, -0.2) is 7.76 Å². The van der Waals surface area contributed by atoms with Gasteiger partial charge in [-0.05, 0) is 31.2 Å². The number of hydrogen-bond acceptors (Lipinski definition) is 1. The maximum absolute atomic E-state index is 4.91. The molecule has 0 bridgehead atoms. The van der Waals surface area contributed by atoms with Gasteiger partial charge in [0.15, 0.2) is 0 Å². The molecule has 0 fully saturated rings. The zero-order valence-corrected chi connectivity index (χ0v) is 13.7. The summed E-state index contributed by atoms with van der Waals surface area (Å²) in [5.74, 6) is 0. The van der Waals surface area contributed by atoms with Crippen molar-refractivity contribution in [1.82, 2.24) is 7.76 Å². The first-order valence-electron chi connectivity index (χ1n) is 6.87. The maximum atomic E-state index is 4.91. The summed E-state index contributed by atoms with van der Waals surface area (Å²) in [4.78, 5) is 4.91. The molecule has 0 atom stereocenters. The average Bonchev–Trinajstić information content (AvgIpc) is 2.80. The number of hydrogen-bond donors (Lipinski definition) is 0. The van der Waals surface area contributed by atoms with E-state index in [1.54, 1.807) is 0 Å². The smallest absolute Gasteiger partial charge is 0.0974 e. The molecule has 102 valence electrons. The topological polar surface area (TPSA) is 17.8 Å². The molecule has 0 N–H and O–H groups in total. The van der Waals surface area contributed by atoms with Crippen LogP contribution in [0.3, 0.4) is 0 Å². The molecule has 4 rings (SSSR count). The van der Waals surface area contributed by atoms with E-state index in [-0.39, 0.29) is 0 Å². The lowest BCUT2D eigenvalue weighted by Crippen LogP contribution is -1.84. The molecule has 0 aliphatic carbocycles. The van der Waals surface area contributed by atoms with Crippen LogP contribution in [-0.2, 0) is 0 Å². The van der Waals surface area contributed by atoms with Gasteiger partial charge >= 0.3 is 0 Å². The van der Waals surface area contributed by atoms with Crippen molar-refractivity contribution in [2.24, 2.45) is 0 Å². The fourth-order valence-corrected chi connectivity index (χ4v) is 3.53. The summed E-state index contributed by atoms with van der Waals surface area (Å²) in [6, 6.07) is 21.1. The maximum Gasteiger partial charge on any atom is 0.0974 e.